The van der Waals surface area contributed by atoms with Gasteiger partial charge in [0.05, 0.1) is 0 Å². The van der Waals surface area contributed by atoms with E-state index in [0.717, 1.165) is 0 Å². The summed E-state index contributed by atoms with van der Waals surface area (Å²) in [7, 11) is -3.64. The Bertz CT molecular complexity index is 582. The summed E-state index contributed by atoms with van der Waals surface area (Å²) in [5, 5.41) is 0. The van der Waals surface area contributed by atoms with Gasteiger partial charge in [-0.05, 0) is 22.0 Å². The number of anilines is 1. The fraction of sp³-hybridized carbons (Fsp3) is 0. The summed E-state index contributed by atoms with van der Waals surface area (Å²) in [5.74, 6) is 0.167. The Morgan fingerprint density at radius 1 is 1.38 bits per heavy atom. The van der Waals surface area contributed by atoms with Crippen LogP contribution >= 0.6 is 15.9 Å². The molecule has 0 fully saturated rings. The highest BCUT2D eigenvalue weighted by atomic mass is 79.9. The Labute approximate surface area is 100 Å². The van der Waals surface area contributed by atoms with Crippen LogP contribution in [0.4, 0.5) is 5.95 Å². The number of nitrogens with zero attached hydrogens (tertiary/aromatic N) is 2. The monoisotopic (exact) mass is 302 g/mol. The SMILES string of the molecule is O=S(=O)(Nc1ncc[nH]1)c1cncc(Br)c1. The number of hydrogen-bond acceptors (Lipinski definition) is 4. The van der Waals surface area contributed by atoms with E-state index in [2.05, 4.69) is 35.6 Å². The van der Waals surface area contributed by atoms with Crippen LogP contribution in [0.3, 0.4) is 0 Å². The van der Waals surface area contributed by atoms with Gasteiger partial charge in [-0.25, -0.2) is 18.1 Å². The first kappa shape index (κ1) is 11.1. The van der Waals surface area contributed by atoms with Gasteiger partial charge in [0.2, 0.25) is 5.95 Å². The second-order valence-corrected chi connectivity index (χ2v) is 5.48. The highest BCUT2D eigenvalue weighted by molar-refractivity contribution is 9.10. The summed E-state index contributed by atoms with van der Waals surface area (Å²) in [6.07, 6.45) is 5.75. The van der Waals surface area contributed by atoms with E-state index in [1.54, 1.807) is 0 Å². The maximum absolute atomic E-state index is 11.8. The lowest BCUT2D eigenvalue weighted by molar-refractivity contribution is 0.600. The van der Waals surface area contributed by atoms with Crippen molar-refractivity contribution in [1.29, 1.82) is 0 Å². The van der Waals surface area contributed by atoms with Gasteiger partial charge < -0.3 is 4.98 Å². The number of hydrogen-bond donors (Lipinski definition) is 2. The highest BCUT2D eigenvalue weighted by Gasteiger charge is 2.15. The Morgan fingerprint density at radius 3 is 2.81 bits per heavy atom. The van der Waals surface area contributed by atoms with Crippen molar-refractivity contribution in [2.45, 2.75) is 4.90 Å². The van der Waals surface area contributed by atoms with E-state index in [1.807, 2.05) is 0 Å². The van der Waals surface area contributed by atoms with Crippen molar-refractivity contribution in [3.05, 3.63) is 35.3 Å². The molecular formula is C8H7BrN4O2S. The second kappa shape index (κ2) is 4.22. The first-order valence-electron chi connectivity index (χ1n) is 4.21. The molecule has 0 saturated carbocycles. The number of rotatable bonds is 3. The molecule has 0 atom stereocenters. The molecule has 2 heterocycles. The van der Waals surface area contributed by atoms with E-state index in [1.165, 1.54) is 30.9 Å². The molecule has 2 N–H and O–H groups in total. The number of sulfonamides is 1. The van der Waals surface area contributed by atoms with E-state index in [-0.39, 0.29) is 10.8 Å². The van der Waals surface area contributed by atoms with E-state index in [4.69, 9.17) is 0 Å². The summed E-state index contributed by atoms with van der Waals surface area (Å²) in [4.78, 5) is 10.3. The van der Waals surface area contributed by atoms with Gasteiger partial charge in [0, 0.05) is 29.3 Å². The standard InChI is InChI=1S/C8H7BrN4O2S/c9-6-3-7(5-10-4-6)16(14,15)13-8-11-1-2-12-8/h1-5H,(H2,11,12,13). The number of H-pyrrole nitrogens is 1. The molecule has 0 spiro atoms. The molecular weight excluding hydrogens is 296 g/mol. The first-order valence-corrected chi connectivity index (χ1v) is 6.48. The molecule has 0 unspecified atom stereocenters. The zero-order valence-corrected chi connectivity index (χ0v) is 10.3. The fourth-order valence-corrected chi connectivity index (χ4v) is 2.53. The van der Waals surface area contributed by atoms with Gasteiger partial charge in [-0.15, -0.1) is 0 Å². The van der Waals surface area contributed by atoms with Crippen molar-refractivity contribution in [3.8, 4) is 0 Å². The quantitative estimate of drug-likeness (QED) is 0.896. The maximum atomic E-state index is 11.8. The largest absolute Gasteiger partial charge is 0.330 e. The molecule has 16 heavy (non-hydrogen) atoms. The number of pyridine rings is 1. The molecule has 0 aliphatic rings. The summed E-state index contributed by atoms with van der Waals surface area (Å²) in [6, 6.07) is 1.46. The molecule has 2 aromatic rings. The maximum Gasteiger partial charge on any atom is 0.265 e. The lowest BCUT2D eigenvalue weighted by atomic mass is 10.5. The number of halogens is 1. The molecule has 0 radical (unpaired) electrons. The van der Waals surface area contributed by atoms with Gasteiger partial charge in [0.25, 0.3) is 10.0 Å². The van der Waals surface area contributed by atoms with Gasteiger partial charge in [-0.3, -0.25) is 4.98 Å². The number of aromatic nitrogens is 3. The van der Waals surface area contributed by atoms with E-state index in [0.29, 0.717) is 4.47 Å². The Kier molecular flexibility index (Phi) is 2.92. The molecule has 6 nitrogen and oxygen atoms in total. The molecule has 2 aromatic heterocycles. The summed E-state index contributed by atoms with van der Waals surface area (Å²) >= 11 is 3.15. The topological polar surface area (TPSA) is 87.7 Å². The highest BCUT2D eigenvalue weighted by Crippen LogP contribution is 2.16. The van der Waals surface area contributed by atoms with Crippen LogP contribution in [0.2, 0.25) is 0 Å². The molecule has 8 heteroatoms. The first-order chi connectivity index (χ1) is 7.58. The van der Waals surface area contributed by atoms with Crippen LogP contribution < -0.4 is 4.72 Å². The lowest BCUT2D eigenvalue weighted by Crippen LogP contribution is -2.14. The predicted molar refractivity (Wildman–Crippen MR) is 61.3 cm³/mol. The normalized spacial score (nSPS) is 11.3. The van der Waals surface area contributed by atoms with Crippen LogP contribution in [-0.2, 0) is 10.0 Å². The number of imidazole rings is 1. The average Bonchev–Trinajstić information content (AvgIpc) is 2.70. The third-order valence-electron chi connectivity index (χ3n) is 1.72. The molecule has 2 rings (SSSR count). The van der Waals surface area contributed by atoms with Crippen molar-refractivity contribution < 1.29 is 8.42 Å². The lowest BCUT2D eigenvalue weighted by Gasteiger charge is -2.04. The van der Waals surface area contributed by atoms with Crippen molar-refractivity contribution >= 4 is 31.9 Å². The van der Waals surface area contributed by atoms with E-state index >= 15 is 0 Å². The van der Waals surface area contributed by atoms with Gasteiger partial charge >= 0.3 is 0 Å². The summed E-state index contributed by atoms with van der Waals surface area (Å²) in [5.41, 5.74) is 0. The minimum atomic E-state index is -3.64. The molecule has 84 valence electrons. The van der Waals surface area contributed by atoms with Crippen LogP contribution in [0, 0.1) is 0 Å². The van der Waals surface area contributed by atoms with Crippen molar-refractivity contribution in [3.63, 3.8) is 0 Å². The van der Waals surface area contributed by atoms with Crippen LogP contribution in [0.1, 0.15) is 0 Å². The van der Waals surface area contributed by atoms with Crippen LogP contribution in [0.25, 0.3) is 0 Å². The summed E-state index contributed by atoms with van der Waals surface area (Å²) < 4.78 is 26.5. The number of aromatic amines is 1. The zero-order valence-electron chi connectivity index (χ0n) is 7.88. The van der Waals surface area contributed by atoms with Crippen molar-refractivity contribution in [2.75, 3.05) is 4.72 Å². The van der Waals surface area contributed by atoms with Gasteiger partial charge in [-0.2, -0.15) is 0 Å². The Morgan fingerprint density at radius 2 is 2.19 bits per heavy atom. The molecule has 0 aliphatic carbocycles. The zero-order chi connectivity index (χ0) is 11.6. The van der Waals surface area contributed by atoms with Crippen molar-refractivity contribution in [2.24, 2.45) is 0 Å². The summed E-state index contributed by atoms with van der Waals surface area (Å²) in [6.45, 7) is 0. The molecule has 0 amide bonds. The van der Waals surface area contributed by atoms with Gasteiger partial charge in [0.15, 0.2) is 0 Å². The Hall–Kier alpha value is -1.41. The molecule has 0 saturated heterocycles. The minimum Gasteiger partial charge on any atom is -0.330 e. The van der Waals surface area contributed by atoms with E-state index in [9.17, 15) is 8.42 Å². The second-order valence-electron chi connectivity index (χ2n) is 2.88. The van der Waals surface area contributed by atoms with Crippen LogP contribution in [-0.4, -0.2) is 23.4 Å². The smallest absolute Gasteiger partial charge is 0.265 e. The molecule has 0 aromatic carbocycles. The minimum absolute atomic E-state index is 0.0678. The van der Waals surface area contributed by atoms with Crippen LogP contribution in [0.5, 0.6) is 0 Å². The van der Waals surface area contributed by atoms with Crippen molar-refractivity contribution in [1.82, 2.24) is 15.0 Å². The fourth-order valence-electron chi connectivity index (χ4n) is 1.05. The van der Waals surface area contributed by atoms with Gasteiger partial charge in [-0.1, -0.05) is 0 Å². The molecule has 0 aliphatic heterocycles. The Balaban J connectivity index is 2.33. The third kappa shape index (κ3) is 2.39. The van der Waals surface area contributed by atoms with Crippen LogP contribution in [0.15, 0.2) is 40.2 Å². The molecule has 0 bridgehead atoms. The average molecular weight is 303 g/mol. The predicted octanol–water partition coefficient (Wildman–Crippen LogP) is 1.37. The number of nitrogens with one attached hydrogen (secondary N) is 2. The van der Waals surface area contributed by atoms with Gasteiger partial charge in [0.1, 0.15) is 4.90 Å². The van der Waals surface area contributed by atoms with E-state index < -0.39 is 10.0 Å². The third-order valence-corrected chi connectivity index (χ3v) is 3.46.